The summed E-state index contributed by atoms with van der Waals surface area (Å²) in [5, 5.41) is 2.77. The molecule has 0 saturated heterocycles. The maximum atomic E-state index is 12.8. The Balaban J connectivity index is 2.10. The zero-order valence-corrected chi connectivity index (χ0v) is 19.8. The van der Waals surface area contributed by atoms with Gasteiger partial charge in [-0.3, -0.25) is 9.59 Å². The molecule has 0 fully saturated rings. The van der Waals surface area contributed by atoms with Crippen LogP contribution in [0.5, 0.6) is 0 Å². The molecule has 2 N–H and O–H groups in total. The van der Waals surface area contributed by atoms with Crippen LogP contribution in [0.15, 0.2) is 53.4 Å². The van der Waals surface area contributed by atoms with Crippen molar-refractivity contribution in [1.82, 2.24) is 9.62 Å². The van der Waals surface area contributed by atoms with Gasteiger partial charge >= 0.3 is 0 Å². The van der Waals surface area contributed by atoms with Crippen molar-refractivity contribution >= 4 is 39.3 Å². The second-order valence-electron chi connectivity index (χ2n) is 7.42. The molecule has 0 heterocycles. The highest BCUT2D eigenvalue weighted by atomic mass is 32.2. The van der Waals surface area contributed by atoms with Gasteiger partial charge in [0.15, 0.2) is 0 Å². The summed E-state index contributed by atoms with van der Waals surface area (Å²) >= 11 is 1.54. The predicted molar refractivity (Wildman–Crippen MR) is 126 cm³/mol. The minimum absolute atomic E-state index is 0.0144. The Morgan fingerprint density at radius 2 is 1.65 bits per heavy atom. The second-order valence-corrected chi connectivity index (χ2v) is 10.1. The molecule has 2 rings (SSSR count). The number of rotatable bonds is 10. The van der Waals surface area contributed by atoms with Crippen molar-refractivity contribution in [3.8, 4) is 0 Å². The average Bonchev–Trinajstić information content (AvgIpc) is 2.72. The third-order valence-corrected chi connectivity index (χ3v) is 6.76. The molecule has 0 bridgehead atoms. The maximum absolute atomic E-state index is 12.8. The molecule has 0 spiro atoms. The Kier molecular flexibility index (Phi) is 9.09. The van der Waals surface area contributed by atoms with Gasteiger partial charge in [0.05, 0.1) is 11.3 Å². The minimum atomic E-state index is -3.83. The van der Waals surface area contributed by atoms with Crippen LogP contribution in [0, 0.1) is 6.92 Å². The first-order valence-corrected chi connectivity index (χ1v) is 12.7. The number of amides is 2. The van der Waals surface area contributed by atoms with Gasteiger partial charge in [-0.05, 0) is 55.2 Å². The van der Waals surface area contributed by atoms with Gasteiger partial charge in [0.1, 0.15) is 6.04 Å². The topological polar surface area (TPSA) is 95.6 Å². The van der Waals surface area contributed by atoms with Crippen LogP contribution in [0.2, 0.25) is 0 Å². The summed E-state index contributed by atoms with van der Waals surface area (Å²) < 4.78 is 28.0. The number of benzene rings is 2. The zero-order chi connectivity index (χ0) is 23.0. The van der Waals surface area contributed by atoms with E-state index < -0.39 is 22.0 Å². The number of carbonyl (C=O) groups excluding carboxylic acids is 2. The van der Waals surface area contributed by atoms with Gasteiger partial charge < -0.3 is 10.2 Å². The van der Waals surface area contributed by atoms with E-state index in [9.17, 15) is 18.0 Å². The molecule has 1 atom stereocenters. The van der Waals surface area contributed by atoms with Crippen LogP contribution >= 0.6 is 11.8 Å². The van der Waals surface area contributed by atoms with Gasteiger partial charge in [0.25, 0.3) is 0 Å². The number of sulfonamides is 1. The smallest absolute Gasteiger partial charge is 0.242 e. The quantitative estimate of drug-likeness (QED) is 0.565. The molecule has 2 amide bonds. The lowest BCUT2D eigenvalue weighted by atomic mass is 10.1. The molecule has 168 valence electrons. The van der Waals surface area contributed by atoms with Gasteiger partial charge in [-0.2, -0.15) is 16.5 Å². The third kappa shape index (κ3) is 7.68. The van der Waals surface area contributed by atoms with E-state index in [-0.39, 0.29) is 17.2 Å². The van der Waals surface area contributed by atoms with Crippen molar-refractivity contribution in [3.63, 3.8) is 0 Å². The van der Waals surface area contributed by atoms with Gasteiger partial charge in [-0.15, -0.1) is 0 Å². The van der Waals surface area contributed by atoms with E-state index in [4.69, 9.17) is 0 Å². The number of hydrogen-bond acceptors (Lipinski definition) is 5. The lowest BCUT2D eigenvalue weighted by Gasteiger charge is -2.18. The molecule has 0 saturated carbocycles. The summed E-state index contributed by atoms with van der Waals surface area (Å²) in [6.07, 6.45) is 2.53. The highest BCUT2D eigenvalue weighted by Gasteiger charge is 2.25. The first-order valence-electron chi connectivity index (χ1n) is 9.80. The molecule has 9 heteroatoms. The van der Waals surface area contributed by atoms with Crippen LogP contribution in [0.1, 0.15) is 17.5 Å². The SMILES string of the molecule is CSCCC(NS(=O)(=O)c1ccc(C)cc1)C(=O)Nc1ccc(CC(=O)N(C)C)cc1. The fraction of sp³-hybridized carbons (Fsp3) is 0.364. The Hall–Kier alpha value is -2.36. The van der Waals surface area contributed by atoms with Crippen molar-refractivity contribution in [2.45, 2.75) is 30.7 Å². The van der Waals surface area contributed by atoms with Crippen LogP contribution in [-0.4, -0.2) is 57.3 Å². The van der Waals surface area contributed by atoms with Crippen LogP contribution in [0.25, 0.3) is 0 Å². The normalized spacial score (nSPS) is 12.3. The number of nitrogens with zero attached hydrogens (tertiary/aromatic N) is 1. The molecular formula is C22H29N3O4S2. The van der Waals surface area contributed by atoms with Crippen molar-refractivity contribution in [2.75, 3.05) is 31.4 Å². The summed E-state index contributed by atoms with van der Waals surface area (Å²) in [6.45, 7) is 1.88. The van der Waals surface area contributed by atoms with Crippen LogP contribution in [0.3, 0.4) is 0 Å². The largest absolute Gasteiger partial charge is 0.349 e. The lowest BCUT2D eigenvalue weighted by Crippen LogP contribution is -2.44. The lowest BCUT2D eigenvalue weighted by molar-refractivity contribution is -0.128. The van der Waals surface area contributed by atoms with E-state index in [1.807, 2.05) is 13.2 Å². The number of aryl methyl sites for hydroxylation is 1. The van der Waals surface area contributed by atoms with Gasteiger partial charge in [0.2, 0.25) is 21.8 Å². The van der Waals surface area contributed by atoms with E-state index in [1.165, 1.54) is 28.8 Å². The van der Waals surface area contributed by atoms with Gasteiger partial charge in [-0.25, -0.2) is 8.42 Å². The Labute approximate surface area is 188 Å². The first kappa shape index (κ1) is 24.9. The van der Waals surface area contributed by atoms with E-state index in [0.29, 0.717) is 17.9 Å². The molecule has 0 aliphatic heterocycles. The molecule has 1 unspecified atom stereocenters. The van der Waals surface area contributed by atoms with Crippen molar-refractivity contribution in [2.24, 2.45) is 0 Å². The number of thioether (sulfide) groups is 1. The zero-order valence-electron chi connectivity index (χ0n) is 18.2. The van der Waals surface area contributed by atoms with E-state index in [1.54, 1.807) is 50.5 Å². The molecule has 0 aliphatic carbocycles. The molecule has 0 radical (unpaired) electrons. The summed E-state index contributed by atoms with van der Waals surface area (Å²) in [4.78, 5) is 26.3. The second kappa shape index (κ2) is 11.3. The summed E-state index contributed by atoms with van der Waals surface area (Å²) in [5.41, 5.74) is 2.32. The van der Waals surface area contributed by atoms with Crippen LogP contribution in [-0.2, 0) is 26.0 Å². The Bertz CT molecular complexity index is 988. The minimum Gasteiger partial charge on any atom is -0.349 e. The monoisotopic (exact) mass is 463 g/mol. The van der Waals surface area contributed by atoms with Crippen molar-refractivity contribution in [1.29, 1.82) is 0 Å². The van der Waals surface area contributed by atoms with Crippen LogP contribution in [0.4, 0.5) is 5.69 Å². The fourth-order valence-electron chi connectivity index (χ4n) is 2.72. The predicted octanol–water partition coefficient (Wildman–Crippen LogP) is 2.66. The fourth-order valence-corrected chi connectivity index (χ4v) is 4.42. The van der Waals surface area contributed by atoms with Crippen LogP contribution < -0.4 is 10.0 Å². The Morgan fingerprint density at radius 3 is 2.19 bits per heavy atom. The van der Waals surface area contributed by atoms with E-state index in [2.05, 4.69) is 10.0 Å². The number of likely N-dealkylation sites (N-methyl/N-ethyl adjacent to an activating group) is 1. The van der Waals surface area contributed by atoms with E-state index >= 15 is 0 Å². The standard InChI is InChI=1S/C22H29N3O4S2/c1-16-5-11-19(12-6-16)31(28,29)24-20(13-14-30-4)22(27)23-18-9-7-17(8-10-18)15-21(26)25(2)3/h5-12,20,24H,13-15H2,1-4H3,(H,23,27). The molecule has 0 aromatic heterocycles. The molecule has 2 aromatic carbocycles. The maximum Gasteiger partial charge on any atom is 0.242 e. The molecule has 2 aromatic rings. The Morgan fingerprint density at radius 1 is 1.03 bits per heavy atom. The summed E-state index contributed by atoms with van der Waals surface area (Å²) in [7, 11) is -0.439. The van der Waals surface area contributed by atoms with Gasteiger partial charge in [-0.1, -0.05) is 29.8 Å². The van der Waals surface area contributed by atoms with Crippen molar-refractivity contribution < 1.29 is 18.0 Å². The molecule has 31 heavy (non-hydrogen) atoms. The molecular weight excluding hydrogens is 434 g/mol. The van der Waals surface area contributed by atoms with Gasteiger partial charge in [0, 0.05) is 19.8 Å². The number of hydrogen-bond donors (Lipinski definition) is 2. The highest BCUT2D eigenvalue weighted by Crippen LogP contribution is 2.15. The molecule has 0 aliphatic rings. The number of anilines is 1. The van der Waals surface area contributed by atoms with Crippen molar-refractivity contribution in [3.05, 3.63) is 59.7 Å². The number of nitrogens with one attached hydrogen (secondary N) is 2. The average molecular weight is 464 g/mol. The highest BCUT2D eigenvalue weighted by molar-refractivity contribution is 7.98. The molecule has 7 nitrogen and oxygen atoms in total. The third-order valence-electron chi connectivity index (χ3n) is 4.63. The number of carbonyl (C=O) groups is 2. The van der Waals surface area contributed by atoms with E-state index in [0.717, 1.165) is 11.1 Å². The summed E-state index contributed by atoms with van der Waals surface area (Å²) in [5.74, 6) is 0.182. The summed E-state index contributed by atoms with van der Waals surface area (Å²) in [6, 6.07) is 12.5. The first-order chi connectivity index (χ1) is 14.6.